The van der Waals surface area contributed by atoms with Gasteiger partial charge in [0.2, 0.25) is 5.13 Å². The lowest BCUT2D eigenvalue weighted by atomic mass is 10.2. The van der Waals surface area contributed by atoms with Gasteiger partial charge in [0, 0.05) is 6.42 Å². The van der Waals surface area contributed by atoms with E-state index in [-0.39, 0.29) is 12.5 Å². The van der Waals surface area contributed by atoms with Crippen molar-refractivity contribution in [1.82, 2.24) is 10.2 Å². The van der Waals surface area contributed by atoms with Crippen LogP contribution in [0.2, 0.25) is 0 Å². The van der Waals surface area contributed by atoms with Gasteiger partial charge in [0.05, 0.1) is 7.11 Å². The summed E-state index contributed by atoms with van der Waals surface area (Å²) in [6, 6.07) is 7.19. The Kier molecular flexibility index (Phi) is 6.80. The first-order chi connectivity index (χ1) is 11.2. The smallest absolute Gasteiger partial charge is 0.264 e. The minimum atomic E-state index is -0.271. The van der Waals surface area contributed by atoms with Gasteiger partial charge < -0.3 is 9.47 Å². The molecule has 6 nitrogen and oxygen atoms in total. The van der Waals surface area contributed by atoms with Crippen LogP contribution in [0.4, 0.5) is 5.13 Å². The van der Waals surface area contributed by atoms with Crippen molar-refractivity contribution < 1.29 is 14.3 Å². The fourth-order valence-corrected chi connectivity index (χ4v) is 2.77. The lowest BCUT2D eigenvalue weighted by Gasteiger charge is -2.09. The number of rotatable bonds is 9. The van der Waals surface area contributed by atoms with Crippen LogP contribution in [-0.4, -0.2) is 29.8 Å². The van der Waals surface area contributed by atoms with E-state index in [1.54, 1.807) is 19.2 Å². The summed E-state index contributed by atoms with van der Waals surface area (Å²) in [6.45, 7) is 2.05. The maximum absolute atomic E-state index is 11.9. The highest BCUT2D eigenvalue weighted by Crippen LogP contribution is 2.25. The third-order valence-corrected chi connectivity index (χ3v) is 4.03. The van der Waals surface area contributed by atoms with E-state index in [2.05, 4.69) is 22.4 Å². The van der Waals surface area contributed by atoms with E-state index in [1.807, 2.05) is 12.1 Å². The second-order valence-corrected chi connectivity index (χ2v) is 6.01. The van der Waals surface area contributed by atoms with Gasteiger partial charge in [0.1, 0.15) is 5.01 Å². The maximum Gasteiger partial charge on any atom is 0.264 e. The number of anilines is 1. The zero-order chi connectivity index (χ0) is 16.5. The molecule has 0 unspecified atom stereocenters. The SMILES string of the molecule is CCCCCc1nnc(NC(=O)COc2ccccc2OC)s1. The Balaban J connectivity index is 1.80. The molecule has 0 aliphatic carbocycles. The Bertz CT molecular complexity index is 631. The average Bonchev–Trinajstić information content (AvgIpc) is 3.00. The number of carbonyl (C=O) groups is 1. The molecule has 1 amide bonds. The molecule has 23 heavy (non-hydrogen) atoms. The van der Waals surface area contributed by atoms with E-state index >= 15 is 0 Å². The van der Waals surface area contributed by atoms with E-state index in [9.17, 15) is 4.79 Å². The molecule has 0 fully saturated rings. The number of nitrogens with zero attached hydrogens (tertiary/aromatic N) is 2. The van der Waals surface area contributed by atoms with Crippen LogP contribution in [0, 0.1) is 0 Å². The van der Waals surface area contributed by atoms with Crippen LogP contribution in [0.5, 0.6) is 11.5 Å². The molecule has 124 valence electrons. The minimum Gasteiger partial charge on any atom is -0.493 e. The third-order valence-electron chi connectivity index (χ3n) is 3.14. The van der Waals surface area contributed by atoms with Gasteiger partial charge in [-0.2, -0.15) is 0 Å². The number of benzene rings is 1. The Labute approximate surface area is 139 Å². The number of hydrogen-bond donors (Lipinski definition) is 1. The molecule has 7 heteroatoms. The summed E-state index contributed by atoms with van der Waals surface area (Å²) >= 11 is 1.41. The fourth-order valence-electron chi connectivity index (χ4n) is 1.97. The normalized spacial score (nSPS) is 10.3. The van der Waals surface area contributed by atoms with Gasteiger partial charge in [-0.1, -0.05) is 43.2 Å². The minimum absolute atomic E-state index is 0.106. The summed E-state index contributed by atoms with van der Waals surface area (Å²) in [6.07, 6.45) is 4.34. The highest BCUT2D eigenvalue weighted by atomic mass is 32.1. The van der Waals surface area contributed by atoms with E-state index in [0.29, 0.717) is 16.6 Å². The largest absolute Gasteiger partial charge is 0.493 e. The van der Waals surface area contributed by atoms with Crippen LogP contribution in [-0.2, 0) is 11.2 Å². The molecule has 1 heterocycles. The molecule has 1 aromatic heterocycles. The predicted octanol–water partition coefficient (Wildman–Crippen LogP) is 3.30. The molecule has 0 spiro atoms. The molecule has 0 aliphatic heterocycles. The molecule has 0 bridgehead atoms. The lowest BCUT2D eigenvalue weighted by Crippen LogP contribution is -2.20. The predicted molar refractivity (Wildman–Crippen MR) is 90.3 cm³/mol. The lowest BCUT2D eigenvalue weighted by molar-refractivity contribution is -0.118. The van der Waals surface area contributed by atoms with Crippen LogP contribution in [0.15, 0.2) is 24.3 Å². The van der Waals surface area contributed by atoms with E-state index < -0.39 is 0 Å². The summed E-state index contributed by atoms with van der Waals surface area (Å²) in [5, 5.41) is 12.2. The van der Waals surface area contributed by atoms with Gasteiger partial charge in [-0.05, 0) is 18.6 Å². The van der Waals surface area contributed by atoms with Crippen molar-refractivity contribution in [2.24, 2.45) is 0 Å². The number of nitrogens with one attached hydrogen (secondary N) is 1. The summed E-state index contributed by atoms with van der Waals surface area (Å²) in [5.74, 6) is 0.851. The summed E-state index contributed by atoms with van der Waals surface area (Å²) in [5.41, 5.74) is 0. The Morgan fingerprint density at radius 1 is 1.22 bits per heavy atom. The number of ether oxygens (including phenoxy) is 2. The van der Waals surface area contributed by atoms with Crippen molar-refractivity contribution >= 4 is 22.4 Å². The number of aryl methyl sites for hydroxylation is 1. The number of methoxy groups -OCH3 is 1. The van der Waals surface area contributed by atoms with Gasteiger partial charge >= 0.3 is 0 Å². The highest BCUT2D eigenvalue weighted by molar-refractivity contribution is 7.15. The summed E-state index contributed by atoms with van der Waals surface area (Å²) in [4.78, 5) is 11.9. The Morgan fingerprint density at radius 3 is 2.74 bits per heavy atom. The van der Waals surface area contributed by atoms with Crippen molar-refractivity contribution in [3.8, 4) is 11.5 Å². The molecule has 0 aliphatic rings. The number of hydrogen-bond acceptors (Lipinski definition) is 6. The van der Waals surface area contributed by atoms with E-state index in [1.165, 1.54) is 24.2 Å². The van der Waals surface area contributed by atoms with Crippen molar-refractivity contribution in [2.75, 3.05) is 19.0 Å². The molecule has 2 aromatic rings. The van der Waals surface area contributed by atoms with E-state index in [0.717, 1.165) is 17.8 Å². The quantitative estimate of drug-likeness (QED) is 0.712. The molecule has 0 saturated heterocycles. The molecule has 1 aromatic carbocycles. The highest BCUT2D eigenvalue weighted by Gasteiger charge is 2.10. The molecule has 0 radical (unpaired) electrons. The monoisotopic (exact) mass is 335 g/mol. The summed E-state index contributed by atoms with van der Waals surface area (Å²) in [7, 11) is 1.56. The number of aromatic nitrogens is 2. The molecule has 0 atom stereocenters. The zero-order valence-electron chi connectivity index (χ0n) is 13.4. The van der Waals surface area contributed by atoms with Crippen LogP contribution in [0.1, 0.15) is 31.2 Å². The van der Waals surface area contributed by atoms with Crippen LogP contribution >= 0.6 is 11.3 Å². The molecular formula is C16H21N3O3S. The first-order valence-corrected chi connectivity index (χ1v) is 8.42. The van der Waals surface area contributed by atoms with Crippen molar-refractivity contribution in [2.45, 2.75) is 32.6 Å². The Morgan fingerprint density at radius 2 is 2.00 bits per heavy atom. The molecule has 2 rings (SSSR count). The first kappa shape index (κ1) is 17.2. The molecular weight excluding hydrogens is 314 g/mol. The van der Waals surface area contributed by atoms with Crippen LogP contribution in [0.3, 0.4) is 0 Å². The third kappa shape index (κ3) is 5.52. The summed E-state index contributed by atoms with van der Waals surface area (Å²) < 4.78 is 10.6. The van der Waals surface area contributed by atoms with Crippen LogP contribution < -0.4 is 14.8 Å². The molecule has 1 N–H and O–H groups in total. The van der Waals surface area contributed by atoms with Gasteiger partial charge in [-0.25, -0.2) is 0 Å². The number of amides is 1. The fraction of sp³-hybridized carbons (Fsp3) is 0.438. The van der Waals surface area contributed by atoms with Crippen molar-refractivity contribution in [1.29, 1.82) is 0 Å². The maximum atomic E-state index is 11.9. The zero-order valence-corrected chi connectivity index (χ0v) is 14.2. The number of carbonyl (C=O) groups excluding carboxylic acids is 1. The van der Waals surface area contributed by atoms with Crippen LogP contribution in [0.25, 0.3) is 0 Å². The number of para-hydroxylation sites is 2. The number of unbranched alkanes of at least 4 members (excludes halogenated alkanes) is 2. The molecule has 0 saturated carbocycles. The first-order valence-electron chi connectivity index (χ1n) is 7.61. The second kappa shape index (κ2) is 9.09. The standard InChI is InChI=1S/C16H21N3O3S/c1-3-4-5-10-15-18-19-16(23-15)17-14(20)11-22-13-9-7-6-8-12(13)21-2/h6-9H,3-5,10-11H2,1-2H3,(H,17,19,20). The van der Waals surface area contributed by atoms with Gasteiger partial charge in [0.15, 0.2) is 18.1 Å². The van der Waals surface area contributed by atoms with Gasteiger partial charge in [-0.15, -0.1) is 10.2 Å². The van der Waals surface area contributed by atoms with Gasteiger partial charge in [-0.3, -0.25) is 10.1 Å². The van der Waals surface area contributed by atoms with Crippen molar-refractivity contribution in [3.05, 3.63) is 29.3 Å². The average molecular weight is 335 g/mol. The topological polar surface area (TPSA) is 73.3 Å². The Hall–Kier alpha value is -2.15. The van der Waals surface area contributed by atoms with Gasteiger partial charge in [0.25, 0.3) is 5.91 Å². The second-order valence-electron chi connectivity index (χ2n) is 4.95. The van der Waals surface area contributed by atoms with Crippen molar-refractivity contribution in [3.63, 3.8) is 0 Å². The van der Waals surface area contributed by atoms with E-state index in [4.69, 9.17) is 9.47 Å².